The molecule has 0 aliphatic heterocycles. The number of ether oxygens (including phenoxy) is 4. The minimum atomic E-state index is -4.73. The van der Waals surface area contributed by atoms with E-state index in [1.165, 1.54) is 27.7 Å². The molecule has 6 N–H and O–H groups in total. The summed E-state index contributed by atoms with van der Waals surface area (Å²) in [6.45, 7) is 2.53. The number of hydrogen-bond donors (Lipinski definition) is 6. The van der Waals surface area contributed by atoms with Crippen LogP contribution < -0.4 is 21.3 Å². The van der Waals surface area contributed by atoms with Crippen LogP contribution in [0.15, 0.2) is 0 Å². The summed E-state index contributed by atoms with van der Waals surface area (Å²) in [5.74, 6) is -2.50. The zero-order valence-corrected chi connectivity index (χ0v) is 41.9. The maximum Gasteiger partial charge on any atom is 0.472 e. The van der Waals surface area contributed by atoms with E-state index in [0.717, 1.165) is 77.0 Å². The summed E-state index contributed by atoms with van der Waals surface area (Å²) < 4.78 is 67.9. The van der Waals surface area contributed by atoms with E-state index in [0.29, 0.717) is 12.8 Å². The first kappa shape index (κ1) is 60.8. The molecule has 23 nitrogen and oxygen atoms in total. The molecular formula is C43H76N4O19P2. The summed E-state index contributed by atoms with van der Waals surface area (Å²) in [5, 5.41) is 9.78. The number of rotatable bonds is 34. The number of phosphoric ester groups is 2. The lowest BCUT2D eigenvalue weighted by Gasteiger charge is -2.26. The molecule has 2 aliphatic carbocycles. The van der Waals surface area contributed by atoms with Crippen molar-refractivity contribution in [3.8, 4) is 0 Å². The van der Waals surface area contributed by atoms with E-state index in [1.807, 2.05) is 0 Å². The van der Waals surface area contributed by atoms with Crippen molar-refractivity contribution in [1.82, 2.24) is 21.3 Å². The van der Waals surface area contributed by atoms with Crippen LogP contribution in [0.1, 0.15) is 130 Å². The quantitative estimate of drug-likeness (QED) is 0.0174. The molecule has 68 heavy (non-hydrogen) atoms. The minimum Gasteiger partial charge on any atom is -0.462 e. The number of phosphoric acid groups is 2. The molecule has 6 atom stereocenters. The van der Waals surface area contributed by atoms with Crippen LogP contribution in [-0.2, 0) is 74.9 Å². The third-order valence-electron chi connectivity index (χ3n) is 10.9. The molecule has 0 spiro atoms. The molecule has 25 heteroatoms. The lowest BCUT2D eigenvalue weighted by Crippen LogP contribution is -2.42. The highest BCUT2D eigenvalue weighted by atomic mass is 31.2. The fourth-order valence-electron chi connectivity index (χ4n) is 7.85. The predicted octanol–water partition coefficient (Wildman–Crippen LogP) is 4.10. The molecule has 0 saturated heterocycles. The summed E-state index contributed by atoms with van der Waals surface area (Å²) in [5.41, 5.74) is 0. The van der Waals surface area contributed by atoms with Crippen molar-refractivity contribution in [1.29, 1.82) is 0 Å². The number of hydrogen-bond acceptors (Lipinski definition) is 17. The highest BCUT2D eigenvalue weighted by molar-refractivity contribution is 7.47. The van der Waals surface area contributed by atoms with Gasteiger partial charge >= 0.3 is 33.6 Å². The number of ketones is 2. The van der Waals surface area contributed by atoms with Crippen molar-refractivity contribution in [2.75, 3.05) is 65.9 Å². The van der Waals surface area contributed by atoms with Gasteiger partial charge in [-0.05, 0) is 51.4 Å². The van der Waals surface area contributed by atoms with E-state index in [-0.39, 0.29) is 63.6 Å². The first-order valence-electron chi connectivity index (χ1n) is 23.6. The van der Waals surface area contributed by atoms with Gasteiger partial charge in [-0.1, -0.05) is 51.4 Å². The normalized spacial score (nSPS) is 18.4. The van der Waals surface area contributed by atoms with Gasteiger partial charge in [-0.2, -0.15) is 0 Å². The van der Waals surface area contributed by atoms with E-state index >= 15 is 0 Å². The highest BCUT2D eigenvalue weighted by Gasteiger charge is 2.29. The largest absolute Gasteiger partial charge is 0.472 e. The molecule has 2 rings (SSSR count). The van der Waals surface area contributed by atoms with Gasteiger partial charge in [-0.3, -0.25) is 46.9 Å². The fourth-order valence-corrected chi connectivity index (χ4v) is 9.38. The summed E-state index contributed by atoms with van der Waals surface area (Å²) in [7, 11) is -9.45. The van der Waals surface area contributed by atoms with Crippen LogP contribution in [0.5, 0.6) is 0 Å². The molecule has 392 valence electrons. The maximum atomic E-state index is 12.6. The van der Waals surface area contributed by atoms with Gasteiger partial charge in [0.15, 0.2) is 0 Å². The van der Waals surface area contributed by atoms with Crippen molar-refractivity contribution in [3.63, 3.8) is 0 Å². The Morgan fingerprint density at radius 3 is 1.19 bits per heavy atom. The number of Topliss-reactive ketones (excluding diaryl/α,β-unsaturated/α-hetero) is 2. The van der Waals surface area contributed by atoms with Crippen LogP contribution in [0.25, 0.3) is 0 Å². The van der Waals surface area contributed by atoms with E-state index in [4.69, 9.17) is 37.0 Å². The third kappa shape index (κ3) is 30.3. The van der Waals surface area contributed by atoms with Crippen LogP contribution in [-0.4, -0.2) is 141 Å². The van der Waals surface area contributed by atoms with Gasteiger partial charge in [0, 0.05) is 39.8 Å². The number of urea groups is 1. The summed E-state index contributed by atoms with van der Waals surface area (Å²) in [6.07, 6.45) is 11.7. The zero-order chi connectivity index (χ0) is 50.4. The molecule has 0 radical (unpaired) electrons. The van der Waals surface area contributed by atoms with Crippen molar-refractivity contribution >= 4 is 57.0 Å². The average Bonchev–Trinajstić information content (AvgIpc) is 3.70. The topological polar surface area (TPSA) is 316 Å². The molecule has 2 saturated carbocycles. The van der Waals surface area contributed by atoms with Crippen LogP contribution in [0, 0.1) is 11.8 Å². The number of esters is 2. The molecule has 0 aromatic carbocycles. The lowest BCUT2D eigenvalue weighted by atomic mass is 9.92. The van der Waals surface area contributed by atoms with Crippen LogP contribution in [0.3, 0.4) is 0 Å². The first-order chi connectivity index (χ1) is 32.2. The molecule has 0 bridgehead atoms. The second-order valence-corrected chi connectivity index (χ2v) is 20.1. The Balaban J connectivity index is 1.76. The van der Waals surface area contributed by atoms with Crippen LogP contribution >= 0.6 is 15.6 Å². The highest BCUT2D eigenvalue weighted by Crippen LogP contribution is 2.43. The van der Waals surface area contributed by atoms with E-state index < -0.39 is 108 Å². The van der Waals surface area contributed by atoms with Crippen LogP contribution in [0.2, 0.25) is 0 Å². The Kier molecular flexibility index (Phi) is 30.4. The molecule has 0 heterocycles. The van der Waals surface area contributed by atoms with Gasteiger partial charge in [0.2, 0.25) is 11.8 Å². The molecule has 2 unspecified atom stereocenters. The standard InChI is InChI=1S/C43H76N4O19P2/c1-31(48)25-41(52)46-37(27-59-21-17-39(65-33(3)50)35-13-9-5-6-10-14-35)29-63-67(55,56)61-23-19-44-43(54)45-20-24-62-68(57,58)64-30-38(47-42(53)26-32(2)49)28-60-22-18-40(66-34(4)51)36-15-11-7-8-12-16-36/h35-40H,5-30H2,1-4H3,(H,46,52)(H,47,53)(H,55,56)(H,57,58)(H2,44,45,54)/t37-,38-,39+,40+/m1/s1. The van der Waals surface area contributed by atoms with Gasteiger partial charge in [0.1, 0.15) is 23.8 Å². The number of amides is 4. The Labute approximate surface area is 399 Å². The van der Waals surface area contributed by atoms with Crippen molar-refractivity contribution < 1.29 is 89.5 Å². The zero-order valence-electron chi connectivity index (χ0n) is 40.1. The number of carbonyl (C=O) groups is 7. The van der Waals surface area contributed by atoms with Gasteiger partial charge in [0.25, 0.3) is 0 Å². The van der Waals surface area contributed by atoms with E-state index in [1.54, 1.807) is 0 Å². The molecular weight excluding hydrogens is 938 g/mol. The van der Waals surface area contributed by atoms with Gasteiger partial charge in [-0.15, -0.1) is 0 Å². The minimum absolute atomic E-state index is 0.151. The van der Waals surface area contributed by atoms with E-state index in [2.05, 4.69) is 21.3 Å². The maximum absolute atomic E-state index is 12.6. The summed E-state index contributed by atoms with van der Waals surface area (Å²) in [4.78, 5) is 104. The second kappa shape index (κ2) is 34.0. The predicted molar refractivity (Wildman–Crippen MR) is 244 cm³/mol. The first-order valence-corrected chi connectivity index (χ1v) is 26.6. The molecule has 2 aliphatic rings. The molecule has 0 aromatic rings. The van der Waals surface area contributed by atoms with Crippen molar-refractivity contribution in [2.45, 2.75) is 155 Å². The SMILES string of the molecule is CC(=O)CC(=O)N[C@H](COCC[C@H](OC(C)=O)C1CCCCCC1)COP(=O)(O)OCCNC(=O)NCCOP(=O)(O)OC[C@@H](COCC[C@H](OC(C)=O)C1CCCCCC1)NC(=O)CC(C)=O. The summed E-state index contributed by atoms with van der Waals surface area (Å²) >= 11 is 0. The number of nitrogens with one attached hydrogen (secondary N) is 4. The van der Waals surface area contributed by atoms with Gasteiger partial charge in [0.05, 0.1) is 77.8 Å². The van der Waals surface area contributed by atoms with Crippen molar-refractivity contribution in [3.05, 3.63) is 0 Å². The Morgan fingerprint density at radius 2 is 0.868 bits per heavy atom. The third-order valence-corrected chi connectivity index (χ3v) is 12.9. The van der Waals surface area contributed by atoms with E-state index in [9.17, 15) is 52.5 Å². The van der Waals surface area contributed by atoms with Crippen LogP contribution in [0.4, 0.5) is 4.79 Å². The second-order valence-electron chi connectivity index (χ2n) is 17.2. The summed E-state index contributed by atoms with van der Waals surface area (Å²) in [6, 6.07) is -2.72. The van der Waals surface area contributed by atoms with Gasteiger partial charge in [-0.25, -0.2) is 13.9 Å². The molecule has 4 amide bonds. The molecule has 0 aromatic heterocycles. The monoisotopic (exact) mass is 1010 g/mol. The Hall–Kier alpha value is -3.37. The molecule has 2 fully saturated rings. The Bertz CT molecular complexity index is 1540. The fraction of sp³-hybridized carbons (Fsp3) is 0.837. The smallest absolute Gasteiger partial charge is 0.462 e. The lowest BCUT2D eigenvalue weighted by molar-refractivity contribution is -0.151. The van der Waals surface area contributed by atoms with Gasteiger partial charge < -0.3 is 50.0 Å². The average molecular weight is 1020 g/mol. The Morgan fingerprint density at radius 1 is 0.515 bits per heavy atom. The van der Waals surface area contributed by atoms with Crippen molar-refractivity contribution in [2.24, 2.45) is 11.8 Å². The number of carbonyl (C=O) groups excluding carboxylic acids is 7.